The third-order valence-corrected chi connectivity index (χ3v) is 3.83. The van der Waals surface area contributed by atoms with E-state index in [9.17, 15) is 9.59 Å². The van der Waals surface area contributed by atoms with E-state index in [0.717, 1.165) is 17.1 Å². The molecule has 6 nitrogen and oxygen atoms in total. The summed E-state index contributed by atoms with van der Waals surface area (Å²) in [4.78, 5) is 27.2. The smallest absolute Gasteiger partial charge is 0.261 e. The first kappa shape index (κ1) is 15.9. The highest BCUT2D eigenvalue weighted by Crippen LogP contribution is 2.21. The molecule has 0 aliphatic carbocycles. The third-order valence-electron chi connectivity index (χ3n) is 3.83. The topological polar surface area (TPSA) is 88.2 Å². The average molecular weight is 326 g/mol. The molecule has 0 bridgehead atoms. The molecule has 0 saturated heterocycles. The van der Waals surface area contributed by atoms with Crippen molar-refractivity contribution in [3.8, 4) is 11.5 Å². The zero-order valence-electron chi connectivity index (χ0n) is 13.7. The Kier molecular flexibility index (Phi) is 4.12. The number of rotatable bonds is 4. The lowest BCUT2D eigenvalue weighted by Gasteiger charge is -2.13. The maximum Gasteiger partial charge on any atom is 0.261 e. The fraction of sp³-hybridized carbons (Fsp3) is 0.222. The number of aryl methyl sites for hydroxylation is 2. The molecule has 0 radical (unpaired) electrons. The van der Waals surface area contributed by atoms with Gasteiger partial charge in [0.2, 0.25) is 0 Å². The zero-order valence-corrected chi connectivity index (χ0v) is 13.7. The first-order chi connectivity index (χ1) is 11.5. The Morgan fingerprint density at radius 3 is 2.62 bits per heavy atom. The number of pyridine rings is 1. The molecule has 124 valence electrons. The van der Waals surface area contributed by atoms with Crippen molar-refractivity contribution in [2.45, 2.75) is 26.8 Å². The van der Waals surface area contributed by atoms with Gasteiger partial charge >= 0.3 is 0 Å². The van der Waals surface area contributed by atoms with Gasteiger partial charge in [-0.15, -0.1) is 0 Å². The van der Waals surface area contributed by atoms with Gasteiger partial charge in [-0.2, -0.15) is 0 Å². The minimum atomic E-state index is -0.464. The van der Waals surface area contributed by atoms with Crippen LogP contribution < -0.4 is 10.9 Å². The molecule has 1 amide bonds. The summed E-state index contributed by atoms with van der Waals surface area (Å²) in [5.74, 6) is 1.64. The lowest BCUT2D eigenvalue weighted by atomic mass is 10.1. The summed E-state index contributed by atoms with van der Waals surface area (Å²) in [6.45, 7) is 5.54. The molecule has 0 saturated carbocycles. The van der Waals surface area contributed by atoms with Crippen LogP contribution in [0.15, 0.2) is 50.2 Å². The Labute approximate surface area is 138 Å². The number of hydrogen-bond donors (Lipinski definition) is 2. The number of aromatic nitrogens is 1. The average Bonchev–Trinajstić information content (AvgIpc) is 3.16. The van der Waals surface area contributed by atoms with E-state index < -0.39 is 11.5 Å². The SMILES string of the molecule is Cc1cc(C(C)NC(=O)c2ccc(-c3ccco3)[nH]c2=O)c(C)o1. The number of carbonyl (C=O) groups excluding carboxylic acids is 1. The van der Waals surface area contributed by atoms with Crippen LogP contribution in [0.1, 0.15) is 40.4 Å². The predicted molar refractivity (Wildman–Crippen MR) is 88.8 cm³/mol. The van der Waals surface area contributed by atoms with Crippen molar-refractivity contribution < 1.29 is 13.6 Å². The Bertz CT molecular complexity index is 919. The summed E-state index contributed by atoms with van der Waals surface area (Å²) >= 11 is 0. The van der Waals surface area contributed by atoms with Gasteiger partial charge in [-0.25, -0.2) is 0 Å². The molecule has 0 aliphatic heterocycles. The molecular formula is C18H18N2O4. The summed E-state index contributed by atoms with van der Waals surface area (Å²) in [6, 6.07) is 8.21. The Morgan fingerprint density at radius 1 is 1.25 bits per heavy atom. The first-order valence-corrected chi connectivity index (χ1v) is 7.60. The highest BCUT2D eigenvalue weighted by atomic mass is 16.3. The van der Waals surface area contributed by atoms with Crippen LogP contribution in [0.25, 0.3) is 11.5 Å². The summed E-state index contributed by atoms with van der Waals surface area (Å²) < 4.78 is 10.7. The molecule has 1 atom stereocenters. The minimum absolute atomic E-state index is 0.0510. The molecule has 3 rings (SSSR count). The number of aromatic amines is 1. The van der Waals surface area contributed by atoms with Gasteiger partial charge in [-0.1, -0.05) is 0 Å². The van der Waals surface area contributed by atoms with Crippen LogP contribution >= 0.6 is 0 Å². The zero-order chi connectivity index (χ0) is 17.3. The largest absolute Gasteiger partial charge is 0.466 e. The first-order valence-electron chi connectivity index (χ1n) is 7.60. The molecule has 1 unspecified atom stereocenters. The number of carbonyl (C=O) groups is 1. The number of amides is 1. The molecule has 3 heterocycles. The van der Waals surface area contributed by atoms with E-state index in [1.54, 1.807) is 18.2 Å². The summed E-state index contributed by atoms with van der Waals surface area (Å²) in [7, 11) is 0. The number of hydrogen-bond acceptors (Lipinski definition) is 4. The quantitative estimate of drug-likeness (QED) is 0.769. The van der Waals surface area contributed by atoms with Crippen molar-refractivity contribution in [1.82, 2.24) is 10.3 Å². The Balaban J connectivity index is 1.80. The van der Waals surface area contributed by atoms with Crippen LogP contribution in [0.4, 0.5) is 0 Å². The second-order valence-electron chi connectivity index (χ2n) is 5.66. The minimum Gasteiger partial charge on any atom is -0.466 e. The molecular weight excluding hydrogens is 308 g/mol. The lowest BCUT2D eigenvalue weighted by Crippen LogP contribution is -2.31. The van der Waals surface area contributed by atoms with E-state index in [1.165, 1.54) is 12.3 Å². The van der Waals surface area contributed by atoms with Crippen LogP contribution in [0.5, 0.6) is 0 Å². The lowest BCUT2D eigenvalue weighted by molar-refractivity contribution is 0.0938. The predicted octanol–water partition coefficient (Wildman–Crippen LogP) is 3.34. The summed E-state index contributed by atoms with van der Waals surface area (Å²) in [5, 5.41) is 2.82. The summed E-state index contributed by atoms with van der Waals surface area (Å²) in [6.07, 6.45) is 1.52. The molecule has 0 aliphatic rings. The van der Waals surface area contributed by atoms with Crippen molar-refractivity contribution in [1.29, 1.82) is 0 Å². The van der Waals surface area contributed by atoms with Gasteiger partial charge in [0.25, 0.3) is 11.5 Å². The van der Waals surface area contributed by atoms with E-state index in [2.05, 4.69) is 10.3 Å². The van der Waals surface area contributed by atoms with Crippen molar-refractivity contribution in [3.05, 3.63) is 69.6 Å². The van der Waals surface area contributed by atoms with E-state index in [-0.39, 0.29) is 11.6 Å². The van der Waals surface area contributed by atoms with Crippen molar-refractivity contribution >= 4 is 5.91 Å². The van der Waals surface area contributed by atoms with Crippen LogP contribution in [-0.2, 0) is 0 Å². The van der Waals surface area contributed by atoms with Crippen LogP contribution in [-0.4, -0.2) is 10.9 Å². The van der Waals surface area contributed by atoms with Crippen LogP contribution in [0.2, 0.25) is 0 Å². The van der Waals surface area contributed by atoms with E-state index >= 15 is 0 Å². The highest BCUT2D eigenvalue weighted by Gasteiger charge is 2.18. The maximum atomic E-state index is 12.4. The van der Waals surface area contributed by atoms with Gasteiger partial charge in [0.05, 0.1) is 18.0 Å². The molecule has 0 fully saturated rings. The van der Waals surface area contributed by atoms with Gasteiger partial charge in [-0.05, 0) is 51.1 Å². The molecule has 3 aromatic heterocycles. The maximum absolute atomic E-state index is 12.4. The number of furan rings is 2. The van der Waals surface area contributed by atoms with Gasteiger partial charge in [0.1, 0.15) is 22.8 Å². The number of nitrogens with one attached hydrogen (secondary N) is 2. The Hall–Kier alpha value is -3.02. The molecule has 0 spiro atoms. The molecule has 0 aromatic carbocycles. The number of H-pyrrole nitrogens is 1. The van der Waals surface area contributed by atoms with Crippen molar-refractivity contribution in [2.75, 3.05) is 0 Å². The van der Waals surface area contributed by atoms with Gasteiger partial charge in [0, 0.05) is 5.56 Å². The molecule has 2 N–H and O–H groups in total. The summed E-state index contributed by atoms with van der Waals surface area (Å²) in [5.41, 5.74) is 1.00. The third kappa shape index (κ3) is 3.03. The van der Waals surface area contributed by atoms with Gasteiger partial charge < -0.3 is 19.1 Å². The van der Waals surface area contributed by atoms with Crippen LogP contribution in [0, 0.1) is 13.8 Å². The van der Waals surface area contributed by atoms with Gasteiger partial charge in [-0.3, -0.25) is 9.59 Å². The van der Waals surface area contributed by atoms with Crippen molar-refractivity contribution in [3.63, 3.8) is 0 Å². The van der Waals surface area contributed by atoms with E-state index in [4.69, 9.17) is 8.83 Å². The van der Waals surface area contributed by atoms with Crippen LogP contribution in [0.3, 0.4) is 0 Å². The normalized spacial score (nSPS) is 12.1. The van der Waals surface area contributed by atoms with Crippen molar-refractivity contribution in [2.24, 2.45) is 0 Å². The molecule has 24 heavy (non-hydrogen) atoms. The fourth-order valence-electron chi connectivity index (χ4n) is 2.66. The fourth-order valence-corrected chi connectivity index (χ4v) is 2.66. The Morgan fingerprint density at radius 2 is 2.04 bits per heavy atom. The van der Waals surface area contributed by atoms with Gasteiger partial charge in [0.15, 0.2) is 0 Å². The molecule has 3 aromatic rings. The highest BCUT2D eigenvalue weighted by molar-refractivity contribution is 5.94. The molecule has 6 heteroatoms. The second-order valence-corrected chi connectivity index (χ2v) is 5.66. The second kappa shape index (κ2) is 6.23. The monoisotopic (exact) mass is 326 g/mol. The van der Waals surface area contributed by atoms with E-state index in [0.29, 0.717) is 11.5 Å². The standard InChI is InChI=1S/C18H18N2O4/c1-10-9-14(12(3)24-10)11(2)19-17(21)13-6-7-15(20-18(13)22)16-5-4-8-23-16/h4-9,11H,1-3H3,(H,19,21)(H,20,22). The van der Waals surface area contributed by atoms with E-state index in [1.807, 2.05) is 26.8 Å².